The van der Waals surface area contributed by atoms with Crippen LogP contribution in [0.15, 0.2) is 53.8 Å². The maximum absolute atomic E-state index is 12.8. The lowest BCUT2D eigenvalue weighted by Gasteiger charge is -2.12. The van der Waals surface area contributed by atoms with E-state index in [1.54, 1.807) is 37.0 Å². The van der Waals surface area contributed by atoms with Crippen LogP contribution < -0.4 is 10.1 Å². The largest absolute Gasteiger partial charge is 0.437 e. The summed E-state index contributed by atoms with van der Waals surface area (Å²) in [5.41, 5.74) is 2.92. The average Bonchev–Trinajstić information content (AvgIpc) is 3.16. The molecule has 3 heterocycles. The zero-order valence-corrected chi connectivity index (χ0v) is 18.1. The Hall–Kier alpha value is -4.11. The van der Waals surface area contributed by atoms with Crippen molar-refractivity contribution in [3.63, 3.8) is 0 Å². The summed E-state index contributed by atoms with van der Waals surface area (Å²) in [6.45, 7) is 1.77. The lowest BCUT2D eigenvalue weighted by Crippen LogP contribution is -2.11. The molecule has 33 heavy (non-hydrogen) atoms. The quantitative estimate of drug-likeness (QED) is 0.447. The van der Waals surface area contributed by atoms with Crippen LogP contribution in [0.5, 0.6) is 11.6 Å². The summed E-state index contributed by atoms with van der Waals surface area (Å²) in [4.78, 5) is 12.3. The molecule has 4 rings (SSSR count). The summed E-state index contributed by atoms with van der Waals surface area (Å²) in [5, 5.41) is 12.1. The highest BCUT2D eigenvalue weighted by molar-refractivity contribution is 7.91. The SMILES string of the molecule is Cc1cc(C#N)ncc1Oc1cc(Nc2ccc(S(=O)(=O)C(F)F)cc2)c2ncn(C)c2n1. The molecule has 0 amide bonds. The molecule has 0 aliphatic carbocycles. The minimum atomic E-state index is -4.68. The number of rotatable bonds is 6. The smallest absolute Gasteiger partial charge is 0.341 e. The Bertz CT molecular complexity index is 1500. The van der Waals surface area contributed by atoms with Gasteiger partial charge in [0.1, 0.15) is 17.3 Å². The fraction of sp³-hybridized carbons (Fsp3) is 0.143. The first-order chi connectivity index (χ1) is 15.7. The predicted molar refractivity (Wildman–Crippen MR) is 115 cm³/mol. The molecule has 0 radical (unpaired) electrons. The zero-order chi connectivity index (χ0) is 23.8. The number of aryl methyl sites for hydroxylation is 2. The molecule has 12 heteroatoms. The maximum Gasteiger partial charge on any atom is 0.341 e. The Labute approximate surface area is 187 Å². The van der Waals surface area contributed by atoms with Crippen LogP contribution in [-0.4, -0.2) is 33.7 Å². The lowest BCUT2D eigenvalue weighted by molar-refractivity contribution is 0.234. The Morgan fingerprint density at radius 3 is 2.55 bits per heavy atom. The first-order valence-electron chi connectivity index (χ1n) is 9.45. The number of sulfone groups is 1. The standard InChI is InChI=1S/C21H16F2N6O3S/c1-12-7-14(9-24)25-10-17(12)32-18-8-16(19-20(28-18)29(2)11-26-19)27-13-3-5-15(6-4-13)33(30,31)21(22)23/h3-8,10-11,21H,1-2H3,(H,27,28). The van der Waals surface area contributed by atoms with Gasteiger partial charge in [-0.15, -0.1) is 0 Å². The van der Waals surface area contributed by atoms with Crippen LogP contribution >= 0.6 is 0 Å². The number of halogens is 2. The molecular formula is C21H16F2N6O3S. The van der Waals surface area contributed by atoms with E-state index >= 15 is 0 Å². The van der Waals surface area contributed by atoms with Crippen molar-refractivity contribution in [2.24, 2.45) is 7.05 Å². The highest BCUT2D eigenvalue weighted by Gasteiger charge is 2.26. The molecule has 3 aromatic heterocycles. The lowest BCUT2D eigenvalue weighted by atomic mass is 10.2. The number of fused-ring (bicyclic) bond motifs is 1. The molecule has 0 fully saturated rings. The summed E-state index contributed by atoms with van der Waals surface area (Å²) in [7, 11) is -2.92. The van der Waals surface area contributed by atoms with Crippen molar-refractivity contribution in [1.29, 1.82) is 5.26 Å². The summed E-state index contributed by atoms with van der Waals surface area (Å²) in [6.07, 6.45) is 3.00. The van der Waals surface area contributed by atoms with Crippen LogP contribution in [0, 0.1) is 18.3 Å². The van der Waals surface area contributed by atoms with Gasteiger partial charge in [0.25, 0.3) is 0 Å². The minimum Gasteiger partial charge on any atom is -0.437 e. The van der Waals surface area contributed by atoms with E-state index in [4.69, 9.17) is 10.00 Å². The molecule has 0 saturated carbocycles. The van der Waals surface area contributed by atoms with Crippen molar-refractivity contribution in [3.05, 3.63) is 60.2 Å². The highest BCUT2D eigenvalue weighted by Crippen LogP contribution is 2.32. The molecule has 1 N–H and O–H groups in total. The first kappa shape index (κ1) is 22.1. The second-order valence-corrected chi connectivity index (χ2v) is 8.96. The van der Waals surface area contributed by atoms with Crippen LogP contribution in [-0.2, 0) is 16.9 Å². The van der Waals surface area contributed by atoms with Crippen molar-refractivity contribution in [2.45, 2.75) is 17.6 Å². The van der Waals surface area contributed by atoms with Crippen LogP contribution in [0.2, 0.25) is 0 Å². The second kappa shape index (κ2) is 8.44. The van der Waals surface area contributed by atoms with E-state index in [0.29, 0.717) is 33.9 Å². The number of hydrogen-bond acceptors (Lipinski definition) is 8. The van der Waals surface area contributed by atoms with Gasteiger partial charge in [-0.05, 0) is 42.8 Å². The third-order valence-electron chi connectivity index (χ3n) is 4.73. The van der Waals surface area contributed by atoms with E-state index in [-0.39, 0.29) is 11.6 Å². The molecule has 0 aliphatic heterocycles. The molecule has 0 atom stereocenters. The number of nitrogens with zero attached hydrogens (tertiary/aromatic N) is 5. The van der Waals surface area contributed by atoms with E-state index in [0.717, 1.165) is 12.1 Å². The van der Waals surface area contributed by atoms with Gasteiger partial charge in [-0.25, -0.2) is 18.4 Å². The van der Waals surface area contributed by atoms with Crippen molar-refractivity contribution in [3.8, 4) is 17.7 Å². The van der Waals surface area contributed by atoms with Crippen LogP contribution in [0.4, 0.5) is 20.2 Å². The van der Waals surface area contributed by atoms with Gasteiger partial charge in [0.15, 0.2) is 11.4 Å². The van der Waals surface area contributed by atoms with Gasteiger partial charge >= 0.3 is 5.76 Å². The number of benzene rings is 1. The Morgan fingerprint density at radius 2 is 1.91 bits per heavy atom. The van der Waals surface area contributed by atoms with Crippen molar-refractivity contribution >= 4 is 32.4 Å². The molecule has 1 aromatic carbocycles. The number of pyridine rings is 2. The molecule has 0 saturated heterocycles. The molecule has 9 nitrogen and oxygen atoms in total. The van der Waals surface area contributed by atoms with Crippen molar-refractivity contribution in [1.82, 2.24) is 19.5 Å². The van der Waals surface area contributed by atoms with Crippen molar-refractivity contribution in [2.75, 3.05) is 5.32 Å². The number of ether oxygens (including phenoxy) is 1. The highest BCUT2D eigenvalue weighted by atomic mass is 32.2. The summed E-state index contributed by atoms with van der Waals surface area (Å²) in [6, 6.07) is 10.1. The van der Waals surface area contributed by atoms with Gasteiger partial charge < -0.3 is 14.6 Å². The molecule has 0 bridgehead atoms. The van der Waals surface area contributed by atoms with Gasteiger partial charge in [-0.3, -0.25) is 0 Å². The number of nitrogens with one attached hydrogen (secondary N) is 1. The number of anilines is 2. The Morgan fingerprint density at radius 1 is 1.18 bits per heavy atom. The topological polar surface area (TPSA) is 123 Å². The maximum atomic E-state index is 12.8. The van der Waals surface area contributed by atoms with Gasteiger partial charge in [0.2, 0.25) is 15.7 Å². The first-order valence-corrected chi connectivity index (χ1v) is 11.0. The van der Waals surface area contributed by atoms with Crippen LogP contribution in [0.25, 0.3) is 11.2 Å². The molecule has 0 aliphatic rings. The monoisotopic (exact) mass is 470 g/mol. The van der Waals surface area contributed by atoms with E-state index < -0.39 is 20.5 Å². The zero-order valence-electron chi connectivity index (χ0n) is 17.3. The number of alkyl halides is 2. The number of aromatic nitrogens is 4. The number of nitriles is 1. The van der Waals surface area contributed by atoms with Crippen molar-refractivity contribution < 1.29 is 21.9 Å². The third-order valence-corrected chi connectivity index (χ3v) is 6.13. The van der Waals surface area contributed by atoms with Gasteiger partial charge in [0.05, 0.1) is 23.1 Å². The summed E-state index contributed by atoms with van der Waals surface area (Å²) >= 11 is 0. The van der Waals surface area contributed by atoms with Gasteiger partial charge in [0, 0.05) is 18.8 Å². The Kier molecular flexibility index (Phi) is 5.65. The average molecular weight is 470 g/mol. The summed E-state index contributed by atoms with van der Waals surface area (Å²) in [5.74, 6) is -2.86. The van der Waals surface area contributed by atoms with Gasteiger partial charge in [-0.2, -0.15) is 19.0 Å². The van der Waals surface area contributed by atoms with Crippen LogP contribution in [0.3, 0.4) is 0 Å². The molecule has 168 valence electrons. The van der Waals surface area contributed by atoms with Crippen LogP contribution in [0.1, 0.15) is 11.3 Å². The molecule has 0 spiro atoms. The van der Waals surface area contributed by atoms with Gasteiger partial charge in [-0.1, -0.05) is 0 Å². The fourth-order valence-electron chi connectivity index (χ4n) is 3.03. The predicted octanol–water partition coefficient (Wildman–Crippen LogP) is 4.08. The molecule has 4 aromatic rings. The minimum absolute atomic E-state index is 0.222. The van der Waals surface area contributed by atoms with E-state index in [2.05, 4.69) is 20.3 Å². The molecule has 0 unspecified atom stereocenters. The third kappa shape index (κ3) is 4.31. The number of imidazole rings is 1. The summed E-state index contributed by atoms with van der Waals surface area (Å²) < 4.78 is 56.4. The normalized spacial score (nSPS) is 11.5. The number of hydrogen-bond donors (Lipinski definition) is 1. The van der Waals surface area contributed by atoms with E-state index in [9.17, 15) is 17.2 Å². The second-order valence-electron chi connectivity index (χ2n) is 7.04. The van der Waals surface area contributed by atoms with E-state index in [1.807, 2.05) is 6.07 Å². The molecular weight excluding hydrogens is 454 g/mol. The Balaban J connectivity index is 1.69. The van der Waals surface area contributed by atoms with E-state index in [1.165, 1.54) is 18.3 Å². The fourth-order valence-corrected chi connectivity index (χ4v) is 3.75.